The van der Waals surface area contributed by atoms with Crippen LogP contribution in [0.25, 0.3) is 0 Å². The molecule has 0 aromatic heterocycles. The van der Waals surface area contributed by atoms with Crippen molar-refractivity contribution in [2.24, 2.45) is 0 Å². The number of hydrogen-bond acceptors (Lipinski definition) is 1. The molecule has 2 nitrogen and oxygen atoms in total. The Morgan fingerprint density at radius 1 is 1.56 bits per heavy atom. The average Bonchev–Trinajstić information content (AvgIpc) is 1.63. The summed E-state index contributed by atoms with van der Waals surface area (Å²) in [6.45, 7) is 3.61. The molecule has 1 N–H and O–H groups in total. The average molecular weight is 151 g/mol. The summed E-state index contributed by atoms with van der Waals surface area (Å²) < 4.78 is 5.14. The van der Waals surface area contributed by atoms with Crippen LogP contribution in [0.3, 0.4) is 0 Å². The second-order valence-electron chi connectivity index (χ2n) is 2.33. The first-order valence-electron chi connectivity index (χ1n) is 2.91. The van der Waals surface area contributed by atoms with Gasteiger partial charge in [-0.1, -0.05) is 6.92 Å². The number of hydrogen-bond donors (Lipinski definition) is 0. The van der Waals surface area contributed by atoms with Gasteiger partial charge in [-0.15, -0.1) is 0 Å². The zero-order valence-electron chi connectivity index (χ0n) is 6.47. The van der Waals surface area contributed by atoms with E-state index in [9.17, 15) is 0 Å². The van der Waals surface area contributed by atoms with Crippen LogP contribution in [0.15, 0.2) is 0 Å². The maximum Gasteiger partial charge on any atom is 0.491 e. The molecular weight excluding hydrogens is 136 g/mol. The zero-order chi connectivity index (χ0) is 7.49. The Morgan fingerprint density at radius 2 is 2.00 bits per heavy atom. The molecule has 0 spiro atoms. The molecule has 3 heteroatoms. The van der Waals surface area contributed by atoms with Gasteiger partial charge in [-0.3, -0.25) is 4.18 Å². The van der Waals surface area contributed by atoms with Crippen molar-refractivity contribution in [3.63, 3.8) is 0 Å². The molecular formula is C6H15O2S+. The molecule has 0 radical (unpaired) electrons. The molecule has 56 valence electrons. The second-order valence-corrected chi connectivity index (χ2v) is 5.95. The van der Waals surface area contributed by atoms with Gasteiger partial charge in [0, 0.05) is 28.6 Å². The van der Waals surface area contributed by atoms with Gasteiger partial charge in [0.2, 0.25) is 0 Å². The predicted octanol–water partition coefficient (Wildman–Crippen LogP) is 1.52. The summed E-state index contributed by atoms with van der Waals surface area (Å²) in [5.41, 5.74) is 0. The van der Waals surface area contributed by atoms with Crippen molar-refractivity contribution in [1.82, 2.24) is 0 Å². The summed E-state index contributed by atoms with van der Waals surface area (Å²) in [5.74, 6) is 1.06. The Hall–Kier alpha value is -0.180. The van der Waals surface area contributed by atoms with Crippen molar-refractivity contribution in [3.8, 4) is 0 Å². The van der Waals surface area contributed by atoms with Crippen LogP contribution in [0.5, 0.6) is 0 Å². The summed E-state index contributed by atoms with van der Waals surface area (Å²) in [5, 5.41) is 0. The molecule has 0 saturated heterocycles. The molecule has 0 rings (SSSR count). The van der Waals surface area contributed by atoms with E-state index >= 15 is 0 Å². The van der Waals surface area contributed by atoms with E-state index in [1.54, 1.807) is 6.92 Å². The largest absolute Gasteiger partial charge is 0.491 e. The van der Waals surface area contributed by atoms with E-state index in [0.717, 1.165) is 5.75 Å². The van der Waals surface area contributed by atoms with E-state index in [1.807, 2.05) is 12.5 Å². The Labute approximate surface area is 58.1 Å². The van der Waals surface area contributed by atoms with E-state index < -0.39 is 10.3 Å². The summed E-state index contributed by atoms with van der Waals surface area (Å²) in [7, 11) is -1.01. The standard InChI is InChI=1S/C6H14O2S/c1-5-9(3,4)8-6(2)7/h5H2,1-4H3/p+1. The molecule has 0 atom stereocenters. The molecule has 0 fully saturated rings. The first kappa shape index (κ1) is 8.82. The summed E-state index contributed by atoms with van der Waals surface area (Å²) in [4.78, 5) is 8.73. The monoisotopic (exact) mass is 151 g/mol. The topological polar surface area (TPSA) is 30.6 Å². The smallest absolute Gasteiger partial charge is 0.338 e. The molecule has 0 aromatic rings. The number of carbonyl (C=O) groups excluding carboxylic acids is 1. The highest BCUT2D eigenvalue weighted by Gasteiger charge is 2.19. The van der Waals surface area contributed by atoms with E-state index in [-0.39, 0.29) is 5.97 Å². The molecule has 0 aliphatic rings. The molecule has 0 amide bonds. The van der Waals surface area contributed by atoms with Crippen molar-refractivity contribution in [2.45, 2.75) is 13.8 Å². The number of rotatable bonds is 2. The zero-order valence-corrected chi connectivity index (χ0v) is 7.29. The van der Waals surface area contributed by atoms with Crippen molar-refractivity contribution in [3.05, 3.63) is 0 Å². The molecule has 0 heterocycles. The van der Waals surface area contributed by atoms with Crippen molar-refractivity contribution >= 4 is 16.3 Å². The van der Waals surface area contributed by atoms with Gasteiger partial charge in [-0.05, 0) is 0 Å². The van der Waals surface area contributed by atoms with E-state index in [2.05, 4.69) is 6.92 Å². The third-order valence-electron chi connectivity index (χ3n) is 1.04. The van der Waals surface area contributed by atoms with Crippen LogP contribution in [0.1, 0.15) is 13.8 Å². The predicted molar refractivity (Wildman–Crippen MR) is 43.7 cm³/mol. The van der Waals surface area contributed by atoms with Crippen LogP contribution in [0.2, 0.25) is 0 Å². The van der Waals surface area contributed by atoms with Gasteiger partial charge in [0.25, 0.3) is 0 Å². The highest BCUT2D eigenvalue weighted by atomic mass is 32.3. The third-order valence-corrected chi connectivity index (χ3v) is 3.12. The fourth-order valence-corrected chi connectivity index (χ4v) is 1.16. The minimum atomic E-state index is -1.01. The molecule has 0 aromatic carbocycles. The van der Waals surface area contributed by atoms with Gasteiger partial charge in [-0.2, -0.15) is 0 Å². The van der Waals surface area contributed by atoms with Crippen LogP contribution in [0.4, 0.5) is 0 Å². The molecule has 9 heavy (non-hydrogen) atoms. The van der Waals surface area contributed by atoms with Crippen molar-refractivity contribution < 1.29 is 8.98 Å². The summed E-state index contributed by atoms with van der Waals surface area (Å²) >= 11 is 0. The normalized spacial score (nSPS) is 12.9. The quantitative estimate of drug-likeness (QED) is 0.550. The molecule has 0 unspecified atom stereocenters. The Kier molecular flexibility index (Phi) is 3.04. The lowest BCUT2D eigenvalue weighted by Gasteiger charge is -2.18. The van der Waals surface area contributed by atoms with Crippen LogP contribution in [0, 0.1) is 0 Å². The van der Waals surface area contributed by atoms with Crippen molar-refractivity contribution in [1.29, 1.82) is 0 Å². The Morgan fingerprint density at radius 3 is 2.11 bits per heavy atom. The van der Waals surface area contributed by atoms with Gasteiger partial charge in [0.05, 0.1) is 6.92 Å². The van der Waals surface area contributed by atoms with Gasteiger partial charge in [0.15, 0.2) is 0 Å². The summed E-state index contributed by atoms with van der Waals surface area (Å²) in [6, 6.07) is 0. The molecule has 0 saturated carbocycles. The Balaban J connectivity index is 3.71. The van der Waals surface area contributed by atoms with Gasteiger partial charge in [-0.25, -0.2) is 0 Å². The van der Waals surface area contributed by atoms with E-state index in [4.69, 9.17) is 8.98 Å². The lowest BCUT2D eigenvalue weighted by Crippen LogP contribution is -2.07. The molecule has 0 aliphatic heterocycles. The fourth-order valence-electron chi connectivity index (χ4n) is 0.385. The minimum Gasteiger partial charge on any atom is -0.338 e. The maximum atomic E-state index is 8.73. The highest BCUT2D eigenvalue weighted by molar-refractivity contribution is 8.29. The lowest BCUT2D eigenvalue weighted by atomic mass is 10.9. The van der Waals surface area contributed by atoms with Crippen LogP contribution >= 0.6 is 10.3 Å². The van der Waals surface area contributed by atoms with Crippen LogP contribution < -0.4 is 0 Å². The highest BCUT2D eigenvalue weighted by Crippen LogP contribution is 2.39. The SMILES string of the molecule is CCS(C)(C)OC(C)=[OH+]. The third kappa shape index (κ3) is 4.33. The van der Waals surface area contributed by atoms with E-state index in [0.29, 0.717) is 0 Å². The molecule has 0 bridgehead atoms. The minimum absolute atomic E-state index is 0.0804. The second kappa shape index (κ2) is 3.11. The van der Waals surface area contributed by atoms with Gasteiger partial charge < -0.3 is 4.79 Å². The first-order chi connectivity index (χ1) is 3.98. The Bertz CT molecular complexity index is 110. The maximum absolute atomic E-state index is 8.73. The van der Waals surface area contributed by atoms with E-state index in [1.165, 1.54) is 0 Å². The van der Waals surface area contributed by atoms with Gasteiger partial charge in [0.1, 0.15) is 0 Å². The summed E-state index contributed by atoms with van der Waals surface area (Å²) in [6.07, 6.45) is 4.04. The van der Waals surface area contributed by atoms with Crippen LogP contribution in [-0.2, 0) is 4.18 Å². The molecule has 0 aliphatic carbocycles. The van der Waals surface area contributed by atoms with Gasteiger partial charge >= 0.3 is 5.97 Å². The fraction of sp³-hybridized carbons (Fsp3) is 0.833. The van der Waals surface area contributed by atoms with Crippen LogP contribution in [-0.4, -0.2) is 29.0 Å². The van der Waals surface area contributed by atoms with Crippen molar-refractivity contribution in [2.75, 3.05) is 18.3 Å². The first-order valence-corrected chi connectivity index (χ1v) is 5.45. The lowest BCUT2D eigenvalue weighted by molar-refractivity contribution is 0.502.